The van der Waals surface area contributed by atoms with Crippen molar-refractivity contribution in [1.29, 1.82) is 5.26 Å². The highest BCUT2D eigenvalue weighted by Gasteiger charge is 2.22. The van der Waals surface area contributed by atoms with Crippen LogP contribution in [-0.2, 0) is 0 Å². The molecule has 1 aliphatic rings. The number of anilines is 1. The minimum atomic E-state index is -0.481. The zero-order valence-electron chi connectivity index (χ0n) is 10.9. The van der Waals surface area contributed by atoms with Crippen molar-refractivity contribution in [3.63, 3.8) is 0 Å². The second-order valence-electron chi connectivity index (χ2n) is 5.08. The van der Waals surface area contributed by atoms with Crippen LogP contribution in [0.15, 0.2) is 18.2 Å². The molecule has 0 heterocycles. The number of hydrogen-bond acceptors (Lipinski definition) is 4. The van der Waals surface area contributed by atoms with Gasteiger partial charge in [0.2, 0.25) is 0 Å². The maximum atomic E-state index is 10.7. The van der Waals surface area contributed by atoms with Gasteiger partial charge < -0.3 is 5.32 Å². The monoisotopic (exact) mass is 259 g/mol. The number of benzene rings is 1. The first-order valence-electron chi connectivity index (χ1n) is 6.57. The van der Waals surface area contributed by atoms with Gasteiger partial charge in [-0.1, -0.05) is 12.8 Å². The van der Waals surface area contributed by atoms with Crippen molar-refractivity contribution in [3.05, 3.63) is 33.9 Å². The van der Waals surface area contributed by atoms with Crippen molar-refractivity contribution in [2.45, 2.75) is 38.6 Å². The first kappa shape index (κ1) is 13.3. The van der Waals surface area contributed by atoms with E-state index in [1.165, 1.54) is 37.8 Å². The van der Waals surface area contributed by atoms with E-state index in [9.17, 15) is 10.1 Å². The molecule has 0 aromatic heterocycles. The number of nitrogens with one attached hydrogen (secondary N) is 1. The summed E-state index contributed by atoms with van der Waals surface area (Å²) in [5.74, 6) is 0.627. The van der Waals surface area contributed by atoms with Gasteiger partial charge in [0.15, 0.2) is 0 Å². The smallest absolute Gasteiger partial charge is 0.270 e. The Morgan fingerprint density at radius 1 is 1.47 bits per heavy atom. The second kappa shape index (κ2) is 5.70. The maximum absolute atomic E-state index is 10.7. The van der Waals surface area contributed by atoms with Gasteiger partial charge in [-0.25, -0.2) is 0 Å². The summed E-state index contributed by atoms with van der Waals surface area (Å²) in [6, 6.07) is 6.69. The van der Waals surface area contributed by atoms with Gasteiger partial charge in [-0.05, 0) is 31.7 Å². The fourth-order valence-electron chi connectivity index (χ4n) is 2.68. The van der Waals surface area contributed by atoms with Crippen LogP contribution in [0.3, 0.4) is 0 Å². The number of nitro benzene ring substituents is 1. The molecule has 19 heavy (non-hydrogen) atoms. The van der Waals surface area contributed by atoms with Gasteiger partial charge in [-0.3, -0.25) is 10.1 Å². The first-order valence-corrected chi connectivity index (χ1v) is 6.57. The molecule has 0 saturated heterocycles. The third kappa shape index (κ3) is 3.02. The number of nitriles is 1. The average molecular weight is 259 g/mol. The summed E-state index contributed by atoms with van der Waals surface area (Å²) in [4.78, 5) is 10.2. The summed E-state index contributed by atoms with van der Waals surface area (Å²) in [5, 5.41) is 23.1. The maximum Gasteiger partial charge on any atom is 0.270 e. The Labute approximate surface area is 112 Å². The molecule has 1 aliphatic carbocycles. The number of non-ortho nitro benzene ring substituents is 1. The van der Waals surface area contributed by atoms with Gasteiger partial charge in [0.05, 0.1) is 16.2 Å². The number of nitrogens with zero attached hydrogens (tertiary/aromatic N) is 2. The SMILES string of the molecule is CC(Nc1ccc([N+](=O)[O-])cc1C#N)C1CCCC1. The number of hydrogen-bond donors (Lipinski definition) is 1. The molecule has 0 bridgehead atoms. The standard InChI is InChI=1S/C14H17N3O2/c1-10(11-4-2-3-5-11)16-14-7-6-13(17(18)19)8-12(14)9-15/h6-8,10-11,16H,2-5H2,1H3. The van der Waals surface area contributed by atoms with Gasteiger partial charge in [0.1, 0.15) is 6.07 Å². The van der Waals surface area contributed by atoms with Gasteiger partial charge in [0.25, 0.3) is 5.69 Å². The highest BCUT2D eigenvalue weighted by atomic mass is 16.6. The van der Waals surface area contributed by atoms with Crippen LogP contribution in [-0.4, -0.2) is 11.0 Å². The molecule has 0 radical (unpaired) electrons. The lowest BCUT2D eigenvalue weighted by Gasteiger charge is -2.22. The van der Waals surface area contributed by atoms with E-state index in [2.05, 4.69) is 12.2 Å². The lowest BCUT2D eigenvalue weighted by molar-refractivity contribution is -0.384. The number of nitro groups is 1. The molecule has 1 unspecified atom stereocenters. The molecule has 1 aromatic rings. The molecular weight excluding hydrogens is 242 g/mol. The normalized spacial score (nSPS) is 16.8. The fraction of sp³-hybridized carbons (Fsp3) is 0.500. The van der Waals surface area contributed by atoms with E-state index in [1.807, 2.05) is 6.07 Å². The van der Waals surface area contributed by atoms with Crippen molar-refractivity contribution in [1.82, 2.24) is 0 Å². The molecular formula is C14H17N3O2. The molecule has 2 rings (SSSR count). The highest BCUT2D eigenvalue weighted by molar-refractivity contribution is 5.61. The van der Waals surface area contributed by atoms with Gasteiger partial charge in [-0.2, -0.15) is 5.26 Å². The summed E-state index contributed by atoms with van der Waals surface area (Å²) in [6.45, 7) is 2.11. The van der Waals surface area contributed by atoms with Crippen LogP contribution in [0.25, 0.3) is 0 Å². The molecule has 100 valence electrons. The van der Waals surface area contributed by atoms with Crippen LogP contribution in [0.4, 0.5) is 11.4 Å². The highest BCUT2D eigenvalue weighted by Crippen LogP contribution is 2.30. The molecule has 1 aromatic carbocycles. The van der Waals surface area contributed by atoms with Gasteiger partial charge in [-0.15, -0.1) is 0 Å². The van der Waals surface area contributed by atoms with Crippen molar-refractivity contribution in [3.8, 4) is 6.07 Å². The second-order valence-corrected chi connectivity index (χ2v) is 5.08. The molecule has 5 nitrogen and oxygen atoms in total. The Bertz CT molecular complexity index is 516. The summed E-state index contributed by atoms with van der Waals surface area (Å²) in [5.41, 5.74) is 0.974. The Kier molecular flexibility index (Phi) is 4.00. The molecule has 5 heteroatoms. The third-order valence-electron chi connectivity index (χ3n) is 3.82. The first-order chi connectivity index (χ1) is 9.11. The third-order valence-corrected chi connectivity index (χ3v) is 3.82. The van der Waals surface area contributed by atoms with Crippen LogP contribution in [0.2, 0.25) is 0 Å². The van der Waals surface area contributed by atoms with E-state index < -0.39 is 4.92 Å². The van der Waals surface area contributed by atoms with E-state index in [0.29, 0.717) is 17.2 Å². The van der Waals surface area contributed by atoms with Crippen molar-refractivity contribution < 1.29 is 4.92 Å². The zero-order chi connectivity index (χ0) is 13.8. The van der Waals surface area contributed by atoms with E-state index in [4.69, 9.17) is 5.26 Å². The molecule has 0 spiro atoms. The minimum Gasteiger partial charge on any atom is -0.381 e. The average Bonchev–Trinajstić information content (AvgIpc) is 2.92. The van der Waals surface area contributed by atoms with E-state index in [-0.39, 0.29) is 11.7 Å². The lowest BCUT2D eigenvalue weighted by Crippen LogP contribution is -2.24. The largest absolute Gasteiger partial charge is 0.381 e. The topological polar surface area (TPSA) is 79.0 Å². The summed E-state index contributed by atoms with van der Waals surface area (Å²) >= 11 is 0. The quantitative estimate of drug-likeness (QED) is 0.663. The Hall–Kier alpha value is -2.09. The lowest BCUT2D eigenvalue weighted by atomic mass is 9.99. The van der Waals surface area contributed by atoms with E-state index in [1.54, 1.807) is 6.07 Å². The Balaban J connectivity index is 2.15. The van der Waals surface area contributed by atoms with Crippen molar-refractivity contribution in [2.75, 3.05) is 5.32 Å². The summed E-state index contributed by atoms with van der Waals surface area (Å²) in [7, 11) is 0. The molecule has 1 atom stereocenters. The number of rotatable bonds is 4. The van der Waals surface area contributed by atoms with Crippen LogP contribution in [0, 0.1) is 27.4 Å². The van der Waals surface area contributed by atoms with E-state index in [0.717, 1.165) is 0 Å². The summed E-state index contributed by atoms with van der Waals surface area (Å²) in [6.07, 6.45) is 4.95. The van der Waals surface area contributed by atoms with Gasteiger partial charge >= 0.3 is 0 Å². The van der Waals surface area contributed by atoms with Crippen molar-refractivity contribution in [2.24, 2.45) is 5.92 Å². The molecule has 0 aliphatic heterocycles. The Morgan fingerprint density at radius 3 is 2.74 bits per heavy atom. The van der Waals surface area contributed by atoms with Crippen molar-refractivity contribution >= 4 is 11.4 Å². The van der Waals surface area contributed by atoms with Crippen LogP contribution >= 0.6 is 0 Å². The molecule has 1 N–H and O–H groups in total. The summed E-state index contributed by atoms with van der Waals surface area (Å²) < 4.78 is 0. The molecule has 0 amide bonds. The predicted molar refractivity (Wildman–Crippen MR) is 72.9 cm³/mol. The van der Waals surface area contributed by atoms with Crippen LogP contribution in [0.5, 0.6) is 0 Å². The molecule has 1 saturated carbocycles. The minimum absolute atomic E-state index is 0.0457. The van der Waals surface area contributed by atoms with E-state index >= 15 is 0 Å². The van der Waals surface area contributed by atoms with Gasteiger partial charge in [0, 0.05) is 18.2 Å². The van der Waals surface area contributed by atoms with Crippen LogP contribution < -0.4 is 5.32 Å². The molecule has 1 fully saturated rings. The fourth-order valence-corrected chi connectivity index (χ4v) is 2.68. The van der Waals surface area contributed by atoms with Crippen LogP contribution in [0.1, 0.15) is 38.2 Å². The zero-order valence-corrected chi connectivity index (χ0v) is 10.9. The predicted octanol–water partition coefficient (Wildman–Crippen LogP) is 3.46. The Morgan fingerprint density at radius 2 is 2.16 bits per heavy atom.